The highest BCUT2D eigenvalue weighted by molar-refractivity contribution is 6.53. The van der Waals surface area contributed by atoms with E-state index in [0.29, 0.717) is 5.56 Å². The van der Waals surface area contributed by atoms with Crippen molar-refractivity contribution in [1.29, 1.82) is 0 Å². The number of amides is 2. The van der Waals surface area contributed by atoms with Gasteiger partial charge in [-0.3, -0.25) is 9.59 Å². The van der Waals surface area contributed by atoms with E-state index in [0.717, 1.165) is 19.9 Å². The standard InChI is InChI=1S/C29H18Cl5F9N2O2/c1-11-5-14(26(35,28(38,39)40)27(36,37)29(41,42)43)6-12(2)22(11)45-23(46)18-10-17(3-4-19(18)32)44-24(47)21-20(25(21,33)34)13-7-15(30)9-16(31)8-13/h3-10,20-21H,1-2H3,(H,44,47)(H,45,46)/t20-,21+,26?/m0/s1. The molecule has 1 aliphatic carbocycles. The first-order valence-electron chi connectivity index (χ1n) is 12.9. The van der Waals surface area contributed by atoms with E-state index < -0.39 is 68.6 Å². The van der Waals surface area contributed by atoms with Gasteiger partial charge in [-0.25, -0.2) is 4.39 Å². The van der Waals surface area contributed by atoms with Crippen molar-refractivity contribution in [1.82, 2.24) is 0 Å². The molecule has 0 bridgehead atoms. The first-order chi connectivity index (χ1) is 21.3. The van der Waals surface area contributed by atoms with Crippen molar-refractivity contribution in [3.63, 3.8) is 0 Å². The molecule has 0 saturated heterocycles. The van der Waals surface area contributed by atoms with E-state index in [9.17, 15) is 44.7 Å². The molecule has 1 saturated carbocycles. The second kappa shape index (κ2) is 12.4. The maximum Gasteiger partial charge on any atom is 0.457 e. The van der Waals surface area contributed by atoms with Crippen LogP contribution in [0.4, 0.5) is 50.9 Å². The summed E-state index contributed by atoms with van der Waals surface area (Å²) in [6, 6.07) is 8.43. The van der Waals surface area contributed by atoms with E-state index in [1.165, 1.54) is 30.3 Å². The zero-order valence-electron chi connectivity index (χ0n) is 23.4. The van der Waals surface area contributed by atoms with Crippen molar-refractivity contribution < 1.29 is 49.1 Å². The van der Waals surface area contributed by atoms with Crippen molar-refractivity contribution in [2.45, 2.75) is 48.0 Å². The van der Waals surface area contributed by atoms with Crippen molar-refractivity contribution in [2.75, 3.05) is 10.6 Å². The topological polar surface area (TPSA) is 58.2 Å². The van der Waals surface area contributed by atoms with Crippen LogP contribution in [0.2, 0.25) is 15.1 Å². The Morgan fingerprint density at radius 2 is 1.28 bits per heavy atom. The Kier molecular flexibility index (Phi) is 9.82. The highest BCUT2D eigenvalue weighted by Crippen LogP contribution is 2.65. The van der Waals surface area contributed by atoms with E-state index in [-0.39, 0.29) is 44.1 Å². The van der Waals surface area contributed by atoms with Crippen LogP contribution in [0.25, 0.3) is 0 Å². The van der Waals surface area contributed by atoms with Crippen LogP contribution in [-0.4, -0.2) is 34.4 Å². The molecule has 0 radical (unpaired) electrons. The predicted molar refractivity (Wildman–Crippen MR) is 161 cm³/mol. The highest BCUT2D eigenvalue weighted by atomic mass is 35.5. The second-order valence-electron chi connectivity index (χ2n) is 10.7. The first-order valence-corrected chi connectivity index (χ1v) is 14.8. The van der Waals surface area contributed by atoms with Crippen LogP contribution in [-0.2, 0) is 10.5 Å². The average molecular weight is 775 g/mol. The number of aryl methyl sites for hydroxylation is 2. The Labute approximate surface area is 285 Å². The molecule has 3 aromatic rings. The number of nitrogens with one attached hydrogen (secondary N) is 2. The summed E-state index contributed by atoms with van der Waals surface area (Å²) in [5.41, 5.74) is -9.29. The summed E-state index contributed by atoms with van der Waals surface area (Å²) in [5, 5.41) is 5.19. The van der Waals surface area contributed by atoms with Gasteiger partial charge in [-0.1, -0.05) is 46.9 Å². The van der Waals surface area contributed by atoms with Crippen LogP contribution in [0.3, 0.4) is 0 Å². The highest BCUT2D eigenvalue weighted by Gasteiger charge is 2.81. The fourth-order valence-electron chi connectivity index (χ4n) is 5.08. The Balaban J connectivity index is 1.60. The smallest absolute Gasteiger partial charge is 0.326 e. The van der Waals surface area contributed by atoms with Crippen molar-refractivity contribution in [2.24, 2.45) is 5.92 Å². The molecule has 47 heavy (non-hydrogen) atoms. The summed E-state index contributed by atoms with van der Waals surface area (Å²) in [5.74, 6) is -10.3. The lowest BCUT2D eigenvalue weighted by atomic mass is 9.85. The molecule has 4 nitrogen and oxygen atoms in total. The Morgan fingerprint density at radius 1 is 0.745 bits per heavy atom. The Bertz CT molecular complexity index is 1720. The minimum Gasteiger partial charge on any atom is -0.326 e. The number of carbonyl (C=O) groups is 2. The lowest BCUT2D eigenvalue weighted by Gasteiger charge is -2.36. The zero-order valence-corrected chi connectivity index (χ0v) is 27.2. The molecular formula is C29H18Cl5F9N2O2. The number of alkyl halides is 11. The molecule has 3 aromatic carbocycles. The van der Waals surface area contributed by atoms with Crippen molar-refractivity contribution in [3.05, 3.63) is 91.4 Å². The van der Waals surface area contributed by atoms with Gasteiger partial charge in [0.2, 0.25) is 5.91 Å². The second-order valence-corrected chi connectivity index (χ2v) is 13.4. The maximum absolute atomic E-state index is 15.0. The predicted octanol–water partition coefficient (Wildman–Crippen LogP) is 11.0. The van der Waals surface area contributed by atoms with Gasteiger partial charge in [-0.2, -0.15) is 35.1 Å². The lowest BCUT2D eigenvalue weighted by Crippen LogP contribution is -2.59. The minimum atomic E-state index is -6.90. The largest absolute Gasteiger partial charge is 0.457 e. The van der Waals surface area contributed by atoms with Crippen LogP contribution >= 0.6 is 58.0 Å². The molecule has 254 valence electrons. The molecule has 0 aliphatic heterocycles. The number of hydrogen-bond donors (Lipinski definition) is 2. The third kappa shape index (κ3) is 6.70. The van der Waals surface area contributed by atoms with Crippen LogP contribution in [0.5, 0.6) is 0 Å². The number of benzene rings is 3. The molecule has 1 unspecified atom stereocenters. The molecule has 4 rings (SSSR count). The first kappa shape index (κ1) is 37.2. The van der Waals surface area contributed by atoms with Crippen molar-refractivity contribution in [3.8, 4) is 0 Å². The molecule has 0 heterocycles. The molecule has 18 heteroatoms. The van der Waals surface area contributed by atoms with Gasteiger partial charge < -0.3 is 10.6 Å². The third-order valence-corrected chi connectivity index (χ3v) is 9.11. The lowest BCUT2D eigenvalue weighted by molar-refractivity contribution is -0.389. The number of hydrogen-bond acceptors (Lipinski definition) is 2. The quantitative estimate of drug-likeness (QED) is 0.186. The summed E-state index contributed by atoms with van der Waals surface area (Å²) in [4.78, 5) is 26.3. The number of halogens is 14. The summed E-state index contributed by atoms with van der Waals surface area (Å²) >= 11 is 30.9. The Morgan fingerprint density at radius 3 is 1.77 bits per heavy atom. The molecule has 1 aliphatic rings. The monoisotopic (exact) mass is 772 g/mol. The fraction of sp³-hybridized carbons (Fsp3) is 0.310. The van der Waals surface area contributed by atoms with Gasteiger partial charge in [0.1, 0.15) is 4.33 Å². The van der Waals surface area contributed by atoms with Crippen LogP contribution < -0.4 is 10.6 Å². The van der Waals surface area contributed by atoms with Gasteiger partial charge in [0.15, 0.2) is 0 Å². The van der Waals surface area contributed by atoms with Gasteiger partial charge in [0.05, 0.1) is 16.5 Å². The summed E-state index contributed by atoms with van der Waals surface area (Å²) in [6.45, 7) is 1.91. The van der Waals surface area contributed by atoms with Gasteiger partial charge >= 0.3 is 23.9 Å². The number of rotatable bonds is 7. The van der Waals surface area contributed by atoms with Crippen LogP contribution in [0.1, 0.15) is 38.5 Å². The van der Waals surface area contributed by atoms with Gasteiger partial charge in [0, 0.05) is 32.9 Å². The van der Waals surface area contributed by atoms with E-state index in [1.807, 2.05) is 0 Å². The van der Waals surface area contributed by atoms with Gasteiger partial charge in [-0.15, -0.1) is 23.2 Å². The Hall–Kier alpha value is -2.58. The van der Waals surface area contributed by atoms with Crippen LogP contribution in [0.15, 0.2) is 48.5 Å². The SMILES string of the molecule is Cc1cc(C(F)(C(F)(F)F)C(F)(F)C(F)(F)F)cc(C)c1NC(=O)c1cc(NC(=O)[C@H]2[C@H](c3cc(Cl)cc(Cl)c3)C2(Cl)Cl)ccc1Cl. The zero-order chi connectivity index (χ0) is 35.7. The molecule has 0 aromatic heterocycles. The molecule has 0 spiro atoms. The van der Waals surface area contributed by atoms with E-state index in [1.54, 1.807) is 0 Å². The molecule has 2 N–H and O–H groups in total. The molecule has 2 amide bonds. The van der Waals surface area contributed by atoms with E-state index in [4.69, 9.17) is 58.0 Å². The van der Waals surface area contributed by atoms with Gasteiger partial charge in [-0.05, 0) is 66.9 Å². The van der Waals surface area contributed by atoms with Crippen LogP contribution in [0, 0.1) is 19.8 Å². The average Bonchev–Trinajstić information content (AvgIpc) is 3.51. The molecular weight excluding hydrogens is 757 g/mol. The summed E-state index contributed by atoms with van der Waals surface area (Å²) in [6.07, 6.45) is -13.6. The number of carbonyl (C=O) groups excluding carboxylic acids is 2. The summed E-state index contributed by atoms with van der Waals surface area (Å²) < 4.78 is 121. The minimum absolute atomic E-state index is 0.0222. The molecule has 1 fully saturated rings. The third-order valence-electron chi connectivity index (χ3n) is 7.41. The van der Waals surface area contributed by atoms with E-state index >= 15 is 4.39 Å². The van der Waals surface area contributed by atoms with E-state index in [2.05, 4.69) is 10.6 Å². The molecule has 3 atom stereocenters. The number of anilines is 2. The maximum atomic E-state index is 15.0. The van der Waals surface area contributed by atoms with Gasteiger partial charge in [0.25, 0.3) is 5.91 Å². The summed E-state index contributed by atoms with van der Waals surface area (Å²) in [7, 11) is 0. The normalized spacial score (nSPS) is 19.1. The fourth-order valence-corrected chi connectivity index (χ4v) is 6.65. The van der Waals surface area contributed by atoms with Crippen molar-refractivity contribution >= 4 is 81.2 Å².